The van der Waals surface area contributed by atoms with Crippen LogP contribution in [0.3, 0.4) is 0 Å². The second kappa shape index (κ2) is 10.8. The molecule has 4 rings (SSSR count). The van der Waals surface area contributed by atoms with E-state index in [-0.39, 0.29) is 50.9 Å². The summed E-state index contributed by atoms with van der Waals surface area (Å²) in [4.78, 5) is 11.4. The molecule has 0 saturated carbocycles. The molecule has 4 aromatic rings. The number of hydrogen-bond donors (Lipinski definition) is 5. The molecular weight excluding hydrogens is 604 g/mol. The number of fused-ring (bicyclic) bond motifs is 1. The summed E-state index contributed by atoms with van der Waals surface area (Å²) in [6, 6.07) is 6.55. The van der Waals surface area contributed by atoms with Crippen molar-refractivity contribution in [2.24, 2.45) is 10.2 Å². The van der Waals surface area contributed by atoms with Crippen molar-refractivity contribution in [1.29, 1.82) is 0 Å². The first-order valence-corrected chi connectivity index (χ1v) is 13.5. The molecule has 0 fully saturated rings. The van der Waals surface area contributed by atoms with Crippen molar-refractivity contribution in [3.8, 4) is 11.5 Å². The van der Waals surface area contributed by atoms with Crippen LogP contribution < -0.4 is 5.32 Å². The van der Waals surface area contributed by atoms with E-state index in [0.717, 1.165) is 30.3 Å². The molecule has 0 unspecified atom stereocenters. The van der Waals surface area contributed by atoms with Crippen LogP contribution in [0.1, 0.15) is 17.2 Å². The zero-order valence-corrected chi connectivity index (χ0v) is 22.8. The first-order chi connectivity index (χ1) is 17.6. The molecule has 1 radical (unpaired) electrons. The number of aromatic hydroxyl groups is 2. The summed E-state index contributed by atoms with van der Waals surface area (Å²) in [7, 11) is -9.23. The van der Waals surface area contributed by atoms with Gasteiger partial charge in [0.25, 0.3) is 20.2 Å². The number of nitrogens with one attached hydrogen (secondary N) is 1. The minimum absolute atomic E-state index is 0. The quantitative estimate of drug-likeness (QED) is 0.117. The third-order valence-electron chi connectivity index (χ3n) is 5.25. The van der Waals surface area contributed by atoms with Gasteiger partial charge in [-0.05, 0) is 68.1 Å². The fourth-order valence-corrected chi connectivity index (χ4v) is 4.68. The summed E-state index contributed by atoms with van der Waals surface area (Å²) < 4.78 is 65.6. The number of anilines is 2. The average Bonchev–Trinajstić information content (AvgIpc) is 2.77. The van der Waals surface area contributed by atoms with Crippen LogP contribution in [0.25, 0.3) is 10.8 Å². The summed E-state index contributed by atoms with van der Waals surface area (Å²) in [5, 5.41) is 32.1. The predicted octanol–water partition coefficient (Wildman–Crippen LogP) is 4.01. The van der Waals surface area contributed by atoms with Crippen LogP contribution in [0.4, 0.5) is 23.0 Å². The SMILES string of the molecule is Cc1nc(C)nc(Nc2cc(S(=O)(=O)O)cc3cc(C)c(N=Nc4cc(S(=O)(=O)O)ccc4O)c(O)c23)n1.[Cu]. The topological polar surface area (TPSA) is 225 Å². The van der Waals surface area contributed by atoms with Crippen molar-refractivity contribution in [3.05, 3.63) is 53.6 Å². The maximum atomic E-state index is 11.9. The Balaban J connectivity index is 0.00000420. The standard InChI is InChI=1S/C22H20N6O8S2.Cu/c1-10-6-13-7-15(38(34,35)36)9-17(26-22-24-11(2)23-12(3)25-22)19(13)21(30)20(10)28-27-16-8-14(37(31,32)33)4-5-18(16)29;/h4-9,29-30H,1-3H3,(H,31,32,33)(H,34,35,36)(H,23,24,25,26);. The van der Waals surface area contributed by atoms with E-state index < -0.39 is 41.5 Å². The largest absolute Gasteiger partial charge is 0.506 e. The average molecular weight is 624 g/mol. The normalized spacial score (nSPS) is 12.0. The Morgan fingerprint density at radius 1 is 0.795 bits per heavy atom. The monoisotopic (exact) mass is 623 g/mol. The Bertz CT molecular complexity index is 1840. The minimum atomic E-state index is -4.64. The second-order valence-corrected chi connectivity index (χ2v) is 11.0. The van der Waals surface area contributed by atoms with Crippen molar-refractivity contribution >= 4 is 54.0 Å². The van der Waals surface area contributed by atoms with Gasteiger partial charge in [0.15, 0.2) is 5.75 Å². The molecule has 17 heteroatoms. The van der Waals surface area contributed by atoms with E-state index in [1.54, 1.807) is 13.8 Å². The number of phenols is 2. The van der Waals surface area contributed by atoms with Gasteiger partial charge in [-0.3, -0.25) is 9.11 Å². The predicted molar refractivity (Wildman–Crippen MR) is 135 cm³/mol. The van der Waals surface area contributed by atoms with Crippen LogP contribution in [-0.2, 0) is 37.3 Å². The van der Waals surface area contributed by atoms with Gasteiger partial charge in [0.05, 0.1) is 15.5 Å². The van der Waals surface area contributed by atoms with Crippen molar-refractivity contribution < 1.29 is 53.2 Å². The second-order valence-electron chi connectivity index (χ2n) is 8.14. The van der Waals surface area contributed by atoms with Crippen LogP contribution >= 0.6 is 0 Å². The van der Waals surface area contributed by atoms with Crippen LogP contribution in [0.2, 0.25) is 0 Å². The number of rotatable bonds is 6. The van der Waals surface area contributed by atoms with Crippen molar-refractivity contribution in [2.75, 3.05) is 5.32 Å². The molecule has 0 saturated heterocycles. The summed E-state index contributed by atoms with van der Waals surface area (Å²) >= 11 is 0. The van der Waals surface area contributed by atoms with Gasteiger partial charge in [0, 0.05) is 22.5 Å². The number of azo groups is 1. The van der Waals surface area contributed by atoms with Crippen LogP contribution in [0, 0.1) is 20.8 Å². The Labute approximate surface area is 232 Å². The smallest absolute Gasteiger partial charge is 0.294 e. The van der Waals surface area contributed by atoms with Gasteiger partial charge in [0.2, 0.25) is 5.95 Å². The Hall–Kier alpha value is -3.73. The van der Waals surface area contributed by atoms with Gasteiger partial charge in [-0.1, -0.05) is 0 Å². The number of nitrogens with zero attached hydrogens (tertiary/aromatic N) is 5. The van der Waals surface area contributed by atoms with Crippen LogP contribution in [0.5, 0.6) is 11.5 Å². The van der Waals surface area contributed by atoms with Gasteiger partial charge >= 0.3 is 0 Å². The molecule has 0 aliphatic rings. The number of aryl methyl sites for hydroxylation is 3. The number of benzene rings is 3. The van der Waals surface area contributed by atoms with E-state index in [1.807, 2.05) is 0 Å². The van der Waals surface area contributed by atoms with Crippen LogP contribution in [-0.4, -0.2) is 51.1 Å². The van der Waals surface area contributed by atoms with E-state index in [0.29, 0.717) is 17.2 Å². The van der Waals surface area contributed by atoms with Crippen LogP contribution in [0.15, 0.2) is 56.4 Å². The molecule has 14 nitrogen and oxygen atoms in total. The van der Waals surface area contributed by atoms with E-state index in [4.69, 9.17) is 0 Å². The molecule has 1 aromatic heterocycles. The van der Waals surface area contributed by atoms with Crippen molar-refractivity contribution in [3.63, 3.8) is 0 Å². The van der Waals surface area contributed by atoms with Crippen molar-refractivity contribution in [2.45, 2.75) is 30.6 Å². The Kier molecular flexibility index (Phi) is 8.26. The third-order valence-corrected chi connectivity index (χ3v) is 6.94. The number of hydrogen-bond acceptors (Lipinski definition) is 12. The van der Waals surface area contributed by atoms with Gasteiger partial charge < -0.3 is 15.5 Å². The fraction of sp³-hybridized carbons (Fsp3) is 0.136. The molecule has 3 aromatic carbocycles. The molecule has 0 aliphatic carbocycles. The summed E-state index contributed by atoms with van der Waals surface area (Å²) in [6.07, 6.45) is 0. The maximum Gasteiger partial charge on any atom is 0.294 e. The van der Waals surface area contributed by atoms with E-state index in [2.05, 4.69) is 30.5 Å². The zero-order chi connectivity index (χ0) is 28.0. The molecule has 0 spiro atoms. The molecular formula is C22H20CuN6O8S2. The van der Waals surface area contributed by atoms with E-state index in [1.165, 1.54) is 13.0 Å². The molecule has 5 N–H and O–H groups in total. The third kappa shape index (κ3) is 6.47. The Morgan fingerprint density at radius 2 is 1.41 bits per heavy atom. The van der Waals surface area contributed by atoms with Gasteiger partial charge in [-0.25, -0.2) is 4.98 Å². The molecule has 209 valence electrons. The molecule has 0 atom stereocenters. The van der Waals surface area contributed by atoms with Gasteiger partial charge in [-0.2, -0.15) is 26.8 Å². The summed E-state index contributed by atoms with van der Waals surface area (Å²) in [5.41, 5.74) is -0.0881. The fourth-order valence-electron chi connectivity index (χ4n) is 3.64. The number of phenolic OH excluding ortho intramolecular Hbond substituents is 2. The summed E-state index contributed by atoms with van der Waals surface area (Å²) in [5.74, 6) is -0.117. The first kappa shape index (κ1) is 29.8. The molecule has 39 heavy (non-hydrogen) atoms. The van der Waals surface area contributed by atoms with Gasteiger partial charge in [-0.15, -0.1) is 10.2 Å². The minimum Gasteiger partial charge on any atom is -0.506 e. The number of aromatic nitrogens is 3. The molecule has 0 bridgehead atoms. The Morgan fingerprint density at radius 3 is 2.00 bits per heavy atom. The molecule has 0 aliphatic heterocycles. The first-order valence-electron chi connectivity index (χ1n) is 10.6. The van der Waals surface area contributed by atoms with Crippen molar-refractivity contribution in [1.82, 2.24) is 15.0 Å². The van der Waals surface area contributed by atoms with E-state index in [9.17, 15) is 36.2 Å². The zero-order valence-electron chi connectivity index (χ0n) is 20.2. The summed E-state index contributed by atoms with van der Waals surface area (Å²) in [6.45, 7) is 4.78. The molecule has 0 amide bonds. The molecule has 1 heterocycles. The van der Waals surface area contributed by atoms with Gasteiger partial charge in [0.1, 0.15) is 28.8 Å². The maximum absolute atomic E-state index is 11.9. The van der Waals surface area contributed by atoms with E-state index >= 15 is 0 Å².